The zero-order valence-electron chi connectivity index (χ0n) is 20.6. The van der Waals surface area contributed by atoms with Gasteiger partial charge in [0.2, 0.25) is 0 Å². The van der Waals surface area contributed by atoms with E-state index in [2.05, 4.69) is 41.4 Å². The summed E-state index contributed by atoms with van der Waals surface area (Å²) in [6.07, 6.45) is -0.0757. The van der Waals surface area contributed by atoms with Crippen LogP contribution >= 0.6 is 0 Å². The van der Waals surface area contributed by atoms with Crippen LogP contribution in [0.25, 0.3) is 0 Å². The molecule has 2 amide bonds. The predicted molar refractivity (Wildman–Crippen MR) is 131 cm³/mol. The Labute approximate surface area is 209 Å². The molecule has 194 valence electrons. The highest BCUT2D eigenvalue weighted by molar-refractivity contribution is 5.95. The van der Waals surface area contributed by atoms with Gasteiger partial charge in [0, 0.05) is 18.6 Å². The lowest BCUT2D eigenvalue weighted by atomic mass is 9.69. The van der Waals surface area contributed by atoms with Crippen LogP contribution in [-0.4, -0.2) is 68.4 Å². The quantitative estimate of drug-likeness (QED) is 0.677. The molecule has 0 bridgehead atoms. The van der Waals surface area contributed by atoms with Gasteiger partial charge >= 0.3 is 12.2 Å². The number of nitrogens with zero attached hydrogens (tertiary/aromatic N) is 4. The fraction of sp³-hybridized carbons (Fsp3) is 0.538. The number of urea groups is 1. The highest BCUT2D eigenvalue weighted by Crippen LogP contribution is 2.47. The Morgan fingerprint density at radius 1 is 1.06 bits per heavy atom. The first-order valence-corrected chi connectivity index (χ1v) is 12.4. The summed E-state index contributed by atoms with van der Waals surface area (Å²) < 4.78 is 47.3. The van der Waals surface area contributed by atoms with Crippen molar-refractivity contribution in [2.45, 2.75) is 42.9 Å². The van der Waals surface area contributed by atoms with Crippen molar-refractivity contribution in [3.05, 3.63) is 53.7 Å². The van der Waals surface area contributed by atoms with E-state index in [4.69, 9.17) is 4.74 Å². The average molecular weight is 504 g/mol. The van der Waals surface area contributed by atoms with E-state index in [1.54, 1.807) is 4.90 Å². The largest absolute Gasteiger partial charge is 0.420 e. The van der Waals surface area contributed by atoms with Crippen molar-refractivity contribution in [2.75, 3.05) is 56.7 Å². The van der Waals surface area contributed by atoms with E-state index in [1.807, 2.05) is 18.2 Å². The van der Waals surface area contributed by atoms with Gasteiger partial charge in [-0.15, -0.1) is 0 Å². The minimum atomic E-state index is -4.59. The summed E-state index contributed by atoms with van der Waals surface area (Å²) in [6.45, 7) is 1.72. The Balaban J connectivity index is 1.38. The van der Waals surface area contributed by atoms with Crippen LogP contribution < -0.4 is 15.1 Å². The molecular weight excluding hydrogens is 471 g/mol. The molecule has 5 rings (SSSR count). The summed E-state index contributed by atoms with van der Waals surface area (Å²) in [5, 5.41) is 3.11. The molecular formula is C26H32F3N5O2. The fourth-order valence-corrected chi connectivity index (χ4v) is 5.91. The second-order valence-electron chi connectivity index (χ2n) is 10.3. The van der Waals surface area contributed by atoms with Gasteiger partial charge in [0.25, 0.3) is 0 Å². The number of aromatic nitrogens is 1. The molecule has 1 aliphatic carbocycles. The molecule has 2 aromatic rings. The van der Waals surface area contributed by atoms with Crippen molar-refractivity contribution >= 4 is 17.5 Å². The second-order valence-corrected chi connectivity index (χ2v) is 10.3. The number of benzene rings is 1. The smallest absolute Gasteiger partial charge is 0.378 e. The molecule has 0 atom stereocenters. The van der Waals surface area contributed by atoms with E-state index in [-0.39, 0.29) is 23.1 Å². The van der Waals surface area contributed by atoms with Crippen LogP contribution in [0.3, 0.4) is 0 Å². The van der Waals surface area contributed by atoms with E-state index in [0.717, 1.165) is 31.7 Å². The van der Waals surface area contributed by atoms with Gasteiger partial charge in [-0.3, -0.25) is 9.80 Å². The summed E-state index contributed by atoms with van der Waals surface area (Å²) in [5.41, 5.74) is -0.0396. The molecule has 0 radical (unpaired) electrons. The molecule has 1 spiro atoms. The molecule has 1 N–H and O–H groups in total. The topological polar surface area (TPSA) is 60.9 Å². The summed E-state index contributed by atoms with van der Waals surface area (Å²) in [7, 11) is 4.15. The number of rotatable bonds is 4. The summed E-state index contributed by atoms with van der Waals surface area (Å²) >= 11 is 0. The van der Waals surface area contributed by atoms with Gasteiger partial charge in [0.05, 0.1) is 37.2 Å². The first-order chi connectivity index (χ1) is 17.1. The third-order valence-electron chi connectivity index (χ3n) is 8.06. The summed E-state index contributed by atoms with van der Waals surface area (Å²) in [4.78, 5) is 22.5. The van der Waals surface area contributed by atoms with E-state index in [0.29, 0.717) is 32.8 Å². The lowest BCUT2D eigenvalue weighted by Gasteiger charge is -2.48. The van der Waals surface area contributed by atoms with Crippen molar-refractivity contribution in [1.82, 2.24) is 15.2 Å². The minimum absolute atomic E-state index is 0.111. The maximum Gasteiger partial charge on any atom is 0.420 e. The zero-order chi connectivity index (χ0) is 25.6. The molecule has 7 nitrogen and oxygen atoms in total. The minimum Gasteiger partial charge on any atom is -0.378 e. The maximum absolute atomic E-state index is 14.0. The molecule has 2 saturated heterocycles. The number of pyridine rings is 1. The van der Waals surface area contributed by atoms with Crippen LogP contribution in [0.2, 0.25) is 0 Å². The Bertz CT molecular complexity index is 1090. The molecule has 3 fully saturated rings. The Kier molecular flexibility index (Phi) is 6.36. The Morgan fingerprint density at radius 3 is 2.33 bits per heavy atom. The lowest BCUT2D eigenvalue weighted by molar-refractivity contribution is -0.137. The predicted octanol–water partition coefficient (Wildman–Crippen LogP) is 4.24. The van der Waals surface area contributed by atoms with Gasteiger partial charge in [-0.1, -0.05) is 30.3 Å². The van der Waals surface area contributed by atoms with Crippen molar-refractivity contribution in [3.63, 3.8) is 0 Å². The van der Waals surface area contributed by atoms with Crippen LogP contribution in [0, 0.1) is 0 Å². The normalized spacial score (nSPS) is 27.1. The standard InChI is InChI=1S/C26H32F3N5O2/c1-32(2)25(19-6-4-3-5-7-19)10-8-24(9-11-25)18-34(23(35)31-24)20-16-21(26(27,28)29)22(30-17-20)33-12-14-36-15-13-33/h3-7,16-17H,8-15,18H2,1-2H3,(H,31,35)/t24-,25-. The number of halogens is 3. The first kappa shape index (κ1) is 24.8. The maximum atomic E-state index is 14.0. The van der Waals surface area contributed by atoms with Gasteiger partial charge in [-0.2, -0.15) is 13.2 Å². The lowest BCUT2D eigenvalue weighted by Crippen LogP contribution is -2.54. The third-order valence-corrected chi connectivity index (χ3v) is 8.06. The van der Waals surface area contributed by atoms with E-state index in [9.17, 15) is 18.0 Å². The number of morpholine rings is 1. The fourth-order valence-electron chi connectivity index (χ4n) is 5.91. The SMILES string of the molecule is CN(C)[C@]1(c2ccccc2)CC[C@@]2(CC1)CN(c1cnc(N3CCOCC3)c(C(F)(F)F)c1)C(=O)N2. The van der Waals surface area contributed by atoms with Gasteiger partial charge < -0.3 is 15.0 Å². The first-order valence-electron chi connectivity index (χ1n) is 12.4. The molecule has 1 saturated carbocycles. The average Bonchev–Trinajstić information content (AvgIpc) is 3.20. The number of carbonyl (C=O) groups is 1. The van der Waals surface area contributed by atoms with Crippen molar-refractivity contribution in [2.24, 2.45) is 0 Å². The second kappa shape index (κ2) is 9.23. The molecule has 1 aromatic carbocycles. The van der Waals surface area contributed by atoms with Crippen LogP contribution in [0.15, 0.2) is 42.6 Å². The highest BCUT2D eigenvalue weighted by Gasteiger charge is 2.50. The number of carbonyl (C=O) groups excluding carboxylic acids is 1. The summed E-state index contributed by atoms with van der Waals surface area (Å²) in [5.74, 6) is -0.111. The van der Waals surface area contributed by atoms with Crippen molar-refractivity contribution in [3.8, 4) is 0 Å². The molecule has 3 heterocycles. The highest BCUT2D eigenvalue weighted by atomic mass is 19.4. The van der Waals surface area contributed by atoms with Gasteiger partial charge in [0.1, 0.15) is 11.4 Å². The summed E-state index contributed by atoms with van der Waals surface area (Å²) in [6, 6.07) is 11.0. The van der Waals surface area contributed by atoms with Crippen molar-refractivity contribution in [1.29, 1.82) is 0 Å². The number of ether oxygens (including phenoxy) is 1. The molecule has 2 aliphatic heterocycles. The molecule has 3 aliphatic rings. The number of hydrogen-bond acceptors (Lipinski definition) is 5. The van der Waals surface area contributed by atoms with Gasteiger partial charge in [-0.05, 0) is 51.4 Å². The van der Waals surface area contributed by atoms with Gasteiger partial charge in [0.15, 0.2) is 0 Å². The van der Waals surface area contributed by atoms with E-state index >= 15 is 0 Å². The third kappa shape index (κ3) is 4.41. The number of amides is 2. The number of anilines is 2. The molecule has 1 aromatic heterocycles. The van der Waals surface area contributed by atoms with Gasteiger partial charge in [-0.25, -0.2) is 9.78 Å². The molecule has 0 unspecified atom stereocenters. The number of nitrogens with one attached hydrogen (secondary N) is 1. The van der Waals surface area contributed by atoms with E-state index < -0.39 is 17.3 Å². The van der Waals surface area contributed by atoms with Crippen molar-refractivity contribution < 1.29 is 22.7 Å². The molecule has 10 heteroatoms. The number of hydrogen-bond donors (Lipinski definition) is 1. The zero-order valence-corrected chi connectivity index (χ0v) is 20.6. The van der Waals surface area contributed by atoms with E-state index in [1.165, 1.54) is 16.7 Å². The Hall–Kier alpha value is -2.85. The van der Waals surface area contributed by atoms with Crippen LogP contribution in [0.5, 0.6) is 0 Å². The monoisotopic (exact) mass is 503 g/mol. The molecule has 36 heavy (non-hydrogen) atoms. The van der Waals surface area contributed by atoms with Crippen LogP contribution in [-0.2, 0) is 16.5 Å². The number of alkyl halides is 3. The Morgan fingerprint density at radius 2 is 1.72 bits per heavy atom. The van der Waals surface area contributed by atoms with Crippen LogP contribution in [0.4, 0.5) is 29.5 Å². The van der Waals surface area contributed by atoms with Crippen LogP contribution in [0.1, 0.15) is 36.8 Å².